The first-order chi connectivity index (χ1) is 8.16. The second-order valence-electron chi connectivity index (χ2n) is 5.45. The fourth-order valence-corrected chi connectivity index (χ4v) is 2.96. The number of nitrogens with zero attached hydrogens (tertiary/aromatic N) is 2. The minimum absolute atomic E-state index is 0.191. The van der Waals surface area contributed by atoms with Gasteiger partial charge in [0, 0.05) is 24.8 Å². The van der Waals surface area contributed by atoms with Crippen LogP contribution in [0.2, 0.25) is 0 Å². The standard InChI is InChI=1S/C14H23N3/c1-12-6-7-14(9-12,11-15)17(2)10-13-5-3-4-8-16-13/h3-5,8,12H,6-7,9-11,15H2,1-2H3. The summed E-state index contributed by atoms with van der Waals surface area (Å²) in [5.41, 5.74) is 7.34. The molecule has 2 atom stereocenters. The highest BCUT2D eigenvalue weighted by Crippen LogP contribution is 2.38. The van der Waals surface area contributed by atoms with Crippen molar-refractivity contribution in [3.8, 4) is 0 Å². The van der Waals surface area contributed by atoms with Gasteiger partial charge >= 0.3 is 0 Å². The number of likely N-dealkylation sites (N-methyl/N-ethyl adjacent to an activating group) is 1. The first-order valence-corrected chi connectivity index (χ1v) is 6.47. The number of rotatable bonds is 4. The fraction of sp³-hybridized carbons (Fsp3) is 0.643. The first-order valence-electron chi connectivity index (χ1n) is 6.47. The lowest BCUT2D eigenvalue weighted by Gasteiger charge is -2.38. The minimum Gasteiger partial charge on any atom is -0.329 e. The molecule has 0 radical (unpaired) electrons. The van der Waals surface area contributed by atoms with Gasteiger partial charge in [0.15, 0.2) is 0 Å². The van der Waals surface area contributed by atoms with Gasteiger partial charge in [0.1, 0.15) is 0 Å². The molecule has 1 aromatic heterocycles. The summed E-state index contributed by atoms with van der Waals surface area (Å²) in [4.78, 5) is 6.79. The molecule has 17 heavy (non-hydrogen) atoms. The zero-order chi connectivity index (χ0) is 12.3. The largest absolute Gasteiger partial charge is 0.329 e. The van der Waals surface area contributed by atoms with E-state index >= 15 is 0 Å². The lowest BCUT2D eigenvalue weighted by molar-refractivity contribution is 0.118. The van der Waals surface area contributed by atoms with Gasteiger partial charge in [0.2, 0.25) is 0 Å². The van der Waals surface area contributed by atoms with Crippen LogP contribution in [-0.2, 0) is 6.54 Å². The monoisotopic (exact) mass is 233 g/mol. The third-order valence-electron chi connectivity index (χ3n) is 4.15. The molecule has 1 aromatic rings. The molecule has 3 heteroatoms. The highest BCUT2D eigenvalue weighted by atomic mass is 15.2. The van der Waals surface area contributed by atoms with Gasteiger partial charge in [-0.1, -0.05) is 13.0 Å². The predicted molar refractivity (Wildman–Crippen MR) is 70.5 cm³/mol. The predicted octanol–water partition coefficient (Wildman–Crippen LogP) is 2.03. The van der Waals surface area contributed by atoms with Gasteiger partial charge in [-0.3, -0.25) is 9.88 Å². The maximum absolute atomic E-state index is 6.02. The van der Waals surface area contributed by atoms with Crippen LogP contribution >= 0.6 is 0 Å². The normalized spacial score (nSPS) is 28.8. The van der Waals surface area contributed by atoms with Crippen LogP contribution in [-0.4, -0.2) is 29.0 Å². The van der Waals surface area contributed by atoms with Crippen LogP contribution in [0.3, 0.4) is 0 Å². The van der Waals surface area contributed by atoms with Gasteiger partial charge in [-0.15, -0.1) is 0 Å². The van der Waals surface area contributed by atoms with E-state index in [0.29, 0.717) is 0 Å². The lowest BCUT2D eigenvalue weighted by Crippen LogP contribution is -2.49. The van der Waals surface area contributed by atoms with Crippen molar-refractivity contribution in [2.45, 2.75) is 38.3 Å². The molecule has 2 rings (SSSR count). The van der Waals surface area contributed by atoms with Crippen LogP contribution in [0.5, 0.6) is 0 Å². The van der Waals surface area contributed by atoms with Gasteiger partial charge in [-0.2, -0.15) is 0 Å². The molecule has 1 aliphatic carbocycles. The van der Waals surface area contributed by atoms with Crippen molar-refractivity contribution in [2.75, 3.05) is 13.6 Å². The molecular formula is C14H23N3. The van der Waals surface area contributed by atoms with E-state index in [1.807, 2.05) is 18.3 Å². The zero-order valence-corrected chi connectivity index (χ0v) is 10.9. The Morgan fingerprint density at radius 2 is 2.35 bits per heavy atom. The van der Waals surface area contributed by atoms with Crippen molar-refractivity contribution >= 4 is 0 Å². The van der Waals surface area contributed by atoms with Gasteiger partial charge in [-0.05, 0) is 44.4 Å². The third kappa shape index (κ3) is 2.67. The molecule has 0 amide bonds. The molecule has 2 unspecified atom stereocenters. The van der Waals surface area contributed by atoms with Crippen LogP contribution in [0, 0.1) is 5.92 Å². The van der Waals surface area contributed by atoms with Gasteiger partial charge in [0.25, 0.3) is 0 Å². The average molecular weight is 233 g/mol. The van der Waals surface area contributed by atoms with Crippen molar-refractivity contribution in [1.29, 1.82) is 0 Å². The Bertz CT molecular complexity index is 352. The molecule has 1 aliphatic rings. The average Bonchev–Trinajstić information content (AvgIpc) is 2.73. The molecule has 94 valence electrons. The maximum Gasteiger partial charge on any atom is 0.0544 e. The highest BCUT2D eigenvalue weighted by Gasteiger charge is 2.39. The van der Waals surface area contributed by atoms with Crippen LogP contribution in [0.15, 0.2) is 24.4 Å². The van der Waals surface area contributed by atoms with E-state index in [0.717, 1.165) is 24.7 Å². The summed E-state index contributed by atoms with van der Waals surface area (Å²) in [5, 5.41) is 0. The summed E-state index contributed by atoms with van der Waals surface area (Å²) < 4.78 is 0. The van der Waals surface area contributed by atoms with E-state index in [2.05, 4.69) is 29.9 Å². The van der Waals surface area contributed by atoms with Crippen molar-refractivity contribution in [3.05, 3.63) is 30.1 Å². The van der Waals surface area contributed by atoms with Crippen LogP contribution in [0.25, 0.3) is 0 Å². The molecule has 1 heterocycles. The van der Waals surface area contributed by atoms with Crippen LogP contribution < -0.4 is 5.73 Å². The molecule has 2 N–H and O–H groups in total. The van der Waals surface area contributed by atoms with Crippen molar-refractivity contribution < 1.29 is 0 Å². The summed E-state index contributed by atoms with van der Waals surface area (Å²) in [6.07, 6.45) is 5.58. The Hall–Kier alpha value is -0.930. The van der Waals surface area contributed by atoms with E-state index in [4.69, 9.17) is 5.73 Å². The summed E-state index contributed by atoms with van der Waals surface area (Å²) in [6.45, 7) is 3.97. The molecule has 3 nitrogen and oxygen atoms in total. The molecule has 0 aliphatic heterocycles. The fourth-order valence-electron chi connectivity index (χ4n) is 2.96. The summed E-state index contributed by atoms with van der Waals surface area (Å²) in [5.74, 6) is 0.796. The topological polar surface area (TPSA) is 42.1 Å². The number of aromatic nitrogens is 1. The van der Waals surface area contributed by atoms with Crippen LogP contribution in [0.4, 0.5) is 0 Å². The SMILES string of the molecule is CC1CCC(CN)(N(C)Cc2ccccn2)C1. The Kier molecular flexibility index (Phi) is 3.79. The van der Waals surface area contributed by atoms with Crippen molar-refractivity contribution in [1.82, 2.24) is 9.88 Å². The quantitative estimate of drug-likeness (QED) is 0.865. The summed E-state index contributed by atoms with van der Waals surface area (Å²) in [6, 6.07) is 6.08. The van der Waals surface area contributed by atoms with Gasteiger partial charge in [-0.25, -0.2) is 0 Å². The van der Waals surface area contributed by atoms with Crippen LogP contribution in [0.1, 0.15) is 31.9 Å². The molecule has 0 aromatic carbocycles. The van der Waals surface area contributed by atoms with Gasteiger partial charge < -0.3 is 5.73 Å². The number of hydrogen-bond acceptors (Lipinski definition) is 3. The van der Waals surface area contributed by atoms with Crippen molar-refractivity contribution in [2.24, 2.45) is 11.7 Å². The minimum atomic E-state index is 0.191. The zero-order valence-electron chi connectivity index (χ0n) is 10.9. The lowest BCUT2D eigenvalue weighted by atomic mass is 9.94. The van der Waals surface area contributed by atoms with Crippen molar-refractivity contribution in [3.63, 3.8) is 0 Å². The van der Waals surface area contributed by atoms with E-state index in [1.165, 1.54) is 19.3 Å². The second kappa shape index (κ2) is 5.15. The second-order valence-corrected chi connectivity index (χ2v) is 5.45. The molecule has 1 fully saturated rings. The number of hydrogen-bond donors (Lipinski definition) is 1. The smallest absolute Gasteiger partial charge is 0.0544 e. The molecule has 0 bridgehead atoms. The van der Waals surface area contributed by atoms with E-state index < -0.39 is 0 Å². The highest BCUT2D eigenvalue weighted by molar-refractivity contribution is 5.05. The number of pyridine rings is 1. The summed E-state index contributed by atoms with van der Waals surface area (Å²) in [7, 11) is 2.18. The van der Waals surface area contributed by atoms with E-state index in [-0.39, 0.29) is 5.54 Å². The first kappa shape index (κ1) is 12.5. The van der Waals surface area contributed by atoms with Gasteiger partial charge in [0.05, 0.1) is 5.69 Å². The van der Waals surface area contributed by atoms with E-state index in [9.17, 15) is 0 Å². The Balaban J connectivity index is 2.06. The number of nitrogens with two attached hydrogens (primary N) is 1. The Morgan fingerprint density at radius 1 is 1.53 bits per heavy atom. The van der Waals surface area contributed by atoms with E-state index in [1.54, 1.807) is 0 Å². The summed E-state index contributed by atoms with van der Waals surface area (Å²) >= 11 is 0. The maximum atomic E-state index is 6.02. The molecule has 1 saturated carbocycles. The molecular weight excluding hydrogens is 210 g/mol. The third-order valence-corrected chi connectivity index (χ3v) is 4.15. The Labute approximate surface area is 104 Å². The Morgan fingerprint density at radius 3 is 2.88 bits per heavy atom. The molecule has 0 saturated heterocycles. The molecule has 0 spiro atoms.